The first-order chi connectivity index (χ1) is 7.13. The van der Waals surface area contributed by atoms with Gasteiger partial charge in [0.2, 0.25) is 0 Å². The highest BCUT2D eigenvalue weighted by Crippen LogP contribution is 2.27. The quantitative estimate of drug-likeness (QED) is 0.723. The molecule has 1 aromatic rings. The van der Waals surface area contributed by atoms with E-state index in [-0.39, 0.29) is 16.1 Å². The van der Waals surface area contributed by atoms with Gasteiger partial charge in [-0.2, -0.15) is 5.26 Å². The number of nitriles is 1. The van der Waals surface area contributed by atoms with Crippen molar-refractivity contribution in [1.29, 1.82) is 5.26 Å². The molecule has 0 radical (unpaired) electrons. The molecule has 4 nitrogen and oxygen atoms in total. The number of carbonyl (C=O) groups is 1. The second kappa shape index (κ2) is 4.67. The van der Waals surface area contributed by atoms with E-state index >= 15 is 0 Å². The Labute approximate surface area is 92.0 Å². The number of halogens is 1. The van der Waals surface area contributed by atoms with Crippen LogP contribution >= 0.6 is 11.6 Å². The van der Waals surface area contributed by atoms with Gasteiger partial charge in [-0.3, -0.25) is 0 Å². The van der Waals surface area contributed by atoms with Gasteiger partial charge in [0.15, 0.2) is 0 Å². The van der Waals surface area contributed by atoms with Gasteiger partial charge in [-0.25, -0.2) is 4.79 Å². The van der Waals surface area contributed by atoms with Crippen LogP contribution in [0.2, 0.25) is 5.02 Å². The van der Waals surface area contributed by atoms with Crippen LogP contribution in [-0.4, -0.2) is 20.2 Å². The summed E-state index contributed by atoms with van der Waals surface area (Å²) < 4.78 is 9.44. The van der Waals surface area contributed by atoms with Gasteiger partial charge in [0.25, 0.3) is 0 Å². The van der Waals surface area contributed by atoms with Crippen LogP contribution in [0.25, 0.3) is 0 Å². The van der Waals surface area contributed by atoms with Crippen LogP contribution in [0.4, 0.5) is 0 Å². The summed E-state index contributed by atoms with van der Waals surface area (Å²) in [5.74, 6) is -0.255. The van der Waals surface area contributed by atoms with E-state index in [1.165, 1.54) is 26.4 Å². The molecule has 0 aliphatic heterocycles. The van der Waals surface area contributed by atoms with E-state index in [9.17, 15) is 4.79 Å². The fraction of sp³-hybridized carbons (Fsp3) is 0.200. The monoisotopic (exact) mass is 225 g/mol. The average molecular weight is 226 g/mol. The van der Waals surface area contributed by atoms with Crippen molar-refractivity contribution in [3.05, 3.63) is 28.3 Å². The zero-order valence-electron chi connectivity index (χ0n) is 8.20. The van der Waals surface area contributed by atoms with Gasteiger partial charge in [0.1, 0.15) is 11.8 Å². The van der Waals surface area contributed by atoms with Crippen LogP contribution in [0.5, 0.6) is 5.75 Å². The molecular weight excluding hydrogens is 218 g/mol. The molecule has 0 atom stereocenters. The van der Waals surface area contributed by atoms with Gasteiger partial charge in [-0.15, -0.1) is 0 Å². The molecule has 15 heavy (non-hydrogen) atoms. The molecule has 0 aliphatic carbocycles. The minimum absolute atomic E-state index is 0.150. The Morgan fingerprint density at radius 1 is 1.47 bits per heavy atom. The van der Waals surface area contributed by atoms with Crippen molar-refractivity contribution in [3.63, 3.8) is 0 Å². The molecule has 0 bridgehead atoms. The lowest BCUT2D eigenvalue weighted by Gasteiger charge is -2.06. The molecule has 0 fully saturated rings. The predicted octanol–water partition coefficient (Wildman–Crippen LogP) is 2.01. The molecule has 0 heterocycles. The third kappa shape index (κ3) is 2.20. The summed E-state index contributed by atoms with van der Waals surface area (Å²) in [4.78, 5) is 11.2. The number of rotatable bonds is 2. The van der Waals surface area contributed by atoms with Crippen LogP contribution in [-0.2, 0) is 4.74 Å². The first-order valence-corrected chi connectivity index (χ1v) is 4.37. The maximum atomic E-state index is 11.2. The molecule has 1 rings (SSSR count). The maximum absolute atomic E-state index is 11.2. The average Bonchev–Trinajstić information content (AvgIpc) is 2.27. The largest absolute Gasteiger partial charge is 0.495 e. The number of benzene rings is 1. The van der Waals surface area contributed by atoms with E-state index in [0.717, 1.165) is 0 Å². The summed E-state index contributed by atoms with van der Waals surface area (Å²) in [5, 5.41) is 8.99. The van der Waals surface area contributed by atoms with Crippen molar-refractivity contribution in [2.45, 2.75) is 0 Å². The van der Waals surface area contributed by atoms with Gasteiger partial charge in [-0.05, 0) is 6.07 Å². The summed E-state index contributed by atoms with van der Waals surface area (Å²) in [6.07, 6.45) is 0. The second-order valence-corrected chi connectivity index (χ2v) is 3.04. The Bertz CT molecular complexity index is 437. The standard InChI is InChI=1S/C10H8ClNO3/c1-14-9-4-8(11)7(10(13)15-2)3-6(9)5-12/h3-4H,1-2H3. The van der Waals surface area contributed by atoms with Crippen molar-refractivity contribution in [1.82, 2.24) is 0 Å². The molecule has 0 saturated carbocycles. The molecule has 0 saturated heterocycles. The number of methoxy groups -OCH3 is 2. The molecule has 5 heteroatoms. The SMILES string of the molecule is COC(=O)c1cc(C#N)c(OC)cc1Cl. The Hall–Kier alpha value is -1.73. The molecule has 0 N–H and O–H groups in total. The lowest BCUT2D eigenvalue weighted by molar-refractivity contribution is 0.0601. The summed E-state index contributed by atoms with van der Waals surface area (Å²) in [7, 11) is 2.67. The molecule has 0 amide bonds. The van der Waals surface area contributed by atoms with Gasteiger partial charge in [-0.1, -0.05) is 11.6 Å². The number of carbonyl (C=O) groups excluding carboxylic acids is 1. The van der Waals surface area contributed by atoms with E-state index in [1.807, 2.05) is 6.07 Å². The van der Waals surface area contributed by atoms with Crippen LogP contribution in [0.3, 0.4) is 0 Å². The van der Waals surface area contributed by atoms with Crippen LogP contribution < -0.4 is 4.74 Å². The first-order valence-electron chi connectivity index (χ1n) is 4.00. The minimum Gasteiger partial charge on any atom is -0.495 e. The predicted molar refractivity (Wildman–Crippen MR) is 54.1 cm³/mol. The fourth-order valence-electron chi connectivity index (χ4n) is 1.08. The Morgan fingerprint density at radius 3 is 2.60 bits per heavy atom. The number of nitrogens with zero attached hydrogens (tertiary/aromatic N) is 1. The van der Waals surface area contributed by atoms with Gasteiger partial charge in [0.05, 0.1) is 30.4 Å². The highest BCUT2D eigenvalue weighted by molar-refractivity contribution is 6.33. The molecule has 1 aromatic carbocycles. The number of ether oxygens (including phenoxy) is 2. The summed E-state index contributed by atoms with van der Waals surface area (Å²) >= 11 is 5.82. The van der Waals surface area contributed by atoms with Crippen LogP contribution in [0, 0.1) is 11.3 Å². The van der Waals surface area contributed by atoms with Crippen molar-refractivity contribution in [2.75, 3.05) is 14.2 Å². The van der Waals surface area contributed by atoms with E-state index in [0.29, 0.717) is 5.75 Å². The summed E-state index contributed by atoms with van der Waals surface area (Å²) in [5.41, 5.74) is 0.388. The third-order valence-corrected chi connectivity index (χ3v) is 2.13. The third-order valence-electron chi connectivity index (χ3n) is 1.81. The molecule has 0 aliphatic rings. The second-order valence-electron chi connectivity index (χ2n) is 2.64. The number of hydrogen-bond acceptors (Lipinski definition) is 4. The summed E-state index contributed by atoms with van der Waals surface area (Å²) in [6.45, 7) is 0. The fourth-order valence-corrected chi connectivity index (χ4v) is 1.31. The lowest BCUT2D eigenvalue weighted by atomic mass is 10.1. The molecule has 78 valence electrons. The van der Waals surface area contributed by atoms with Crippen LogP contribution in [0.15, 0.2) is 12.1 Å². The Balaban J connectivity index is 3.33. The van der Waals surface area contributed by atoms with Crippen molar-refractivity contribution in [2.24, 2.45) is 0 Å². The maximum Gasteiger partial charge on any atom is 0.339 e. The van der Waals surface area contributed by atoms with Crippen molar-refractivity contribution >= 4 is 17.6 Å². The smallest absolute Gasteiger partial charge is 0.339 e. The minimum atomic E-state index is -0.584. The Kier molecular flexibility index (Phi) is 3.53. The van der Waals surface area contributed by atoms with Crippen molar-refractivity contribution in [3.8, 4) is 11.8 Å². The lowest BCUT2D eigenvalue weighted by Crippen LogP contribution is -2.03. The highest BCUT2D eigenvalue weighted by Gasteiger charge is 2.15. The Morgan fingerprint density at radius 2 is 2.13 bits per heavy atom. The van der Waals surface area contributed by atoms with E-state index in [1.54, 1.807) is 0 Å². The van der Waals surface area contributed by atoms with Gasteiger partial charge in [0, 0.05) is 6.07 Å². The molecule has 0 aromatic heterocycles. The number of hydrogen-bond donors (Lipinski definition) is 0. The summed E-state index contributed by atoms with van der Waals surface area (Å²) in [6, 6.07) is 4.65. The number of esters is 1. The van der Waals surface area contributed by atoms with Gasteiger partial charge >= 0.3 is 5.97 Å². The van der Waals surface area contributed by atoms with E-state index in [2.05, 4.69) is 4.74 Å². The molecular formula is C10H8ClNO3. The highest BCUT2D eigenvalue weighted by atomic mass is 35.5. The van der Waals surface area contributed by atoms with E-state index in [4.69, 9.17) is 21.6 Å². The van der Waals surface area contributed by atoms with Crippen LogP contribution in [0.1, 0.15) is 15.9 Å². The zero-order chi connectivity index (χ0) is 11.4. The van der Waals surface area contributed by atoms with Crippen molar-refractivity contribution < 1.29 is 14.3 Å². The normalized spacial score (nSPS) is 9.20. The zero-order valence-corrected chi connectivity index (χ0v) is 8.96. The topological polar surface area (TPSA) is 59.3 Å². The van der Waals surface area contributed by atoms with E-state index < -0.39 is 5.97 Å². The molecule has 0 unspecified atom stereocenters. The van der Waals surface area contributed by atoms with Gasteiger partial charge < -0.3 is 9.47 Å². The molecule has 0 spiro atoms. The first kappa shape index (κ1) is 11.3.